The molecule has 42 heavy (non-hydrogen) atoms. The maximum atomic E-state index is 15.2. The quantitative estimate of drug-likeness (QED) is 0.360. The van der Waals surface area contributed by atoms with Gasteiger partial charge in [-0.3, -0.25) is 0 Å². The summed E-state index contributed by atoms with van der Waals surface area (Å²) in [6, 6.07) is 10.6. The smallest absolute Gasteiger partial charge is 0.410 e. The lowest BCUT2D eigenvalue weighted by Gasteiger charge is -2.29. The minimum absolute atomic E-state index is 0.0621. The van der Waals surface area contributed by atoms with Crippen LogP contribution in [0.5, 0.6) is 0 Å². The van der Waals surface area contributed by atoms with Crippen molar-refractivity contribution in [2.24, 2.45) is 0 Å². The number of nitrogens with one attached hydrogen (secondary N) is 1. The van der Waals surface area contributed by atoms with Crippen LogP contribution in [0.3, 0.4) is 0 Å². The fourth-order valence-corrected chi connectivity index (χ4v) is 5.00. The van der Waals surface area contributed by atoms with E-state index in [1.165, 1.54) is 11.0 Å². The highest BCUT2D eigenvalue weighted by molar-refractivity contribution is 5.80. The molecule has 5 rings (SSSR count). The van der Waals surface area contributed by atoms with Gasteiger partial charge in [-0.25, -0.2) is 14.0 Å². The van der Waals surface area contributed by atoms with Gasteiger partial charge in [0.2, 0.25) is 5.89 Å². The zero-order valence-electron chi connectivity index (χ0n) is 24.1. The summed E-state index contributed by atoms with van der Waals surface area (Å²) in [5.41, 5.74) is 4.82. The van der Waals surface area contributed by atoms with E-state index in [-0.39, 0.29) is 30.0 Å². The van der Waals surface area contributed by atoms with Gasteiger partial charge < -0.3 is 29.4 Å². The van der Waals surface area contributed by atoms with E-state index < -0.39 is 17.5 Å². The Labute approximate surface area is 243 Å². The predicted octanol–water partition coefficient (Wildman–Crippen LogP) is 6.38. The first-order valence-electron chi connectivity index (χ1n) is 13.8. The zero-order valence-corrected chi connectivity index (χ0v) is 24.1. The molecule has 0 radical (unpaired) electrons. The molecule has 2 amide bonds. The number of hydrogen-bond donors (Lipinski definition) is 2. The SMILES string of the molecule is CNc1cc(C2=CCN(C(=O)OC(C)(C)C)CC2)ccc1-c1nnc(-c2ccc(C3=CCN(C(=O)O)CC3)cc2F)o1. The van der Waals surface area contributed by atoms with Crippen molar-refractivity contribution < 1.29 is 28.2 Å². The van der Waals surface area contributed by atoms with Gasteiger partial charge in [0.1, 0.15) is 11.4 Å². The van der Waals surface area contributed by atoms with Gasteiger partial charge in [0.05, 0.1) is 11.1 Å². The van der Waals surface area contributed by atoms with Gasteiger partial charge in [-0.2, -0.15) is 0 Å². The minimum atomic E-state index is -0.965. The number of amides is 2. The highest BCUT2D eigenvalue weighted by Gasteiger charge is 2.25. The van der Waals surface area contributed by atoms with Crippen molar-refractivity contribution in [3.8, 4) is 22.9 Å². The molecule has 0 spiro atoms. The molecule has 220 valence electrons. The van der Waals surface area contributed by atoms with E-state index in [4.69, 9.17) is 14.3 Å². The molecule has 3 aromatic rings. The van der Waals surface area contributed by atoms with E-state index in [9.17, 15) is 9.59 Å². The van der Waals surface area contributed by atoms with Crippen LogP contribution in [0.25, 0.3) is 34.1 Å². The number of hydrogen-bond acceptors (Lipinski definition) is 7. The van der Waals surface area contributed by atoms with Gasteiger partial charge in [0.25, 0.3) is 5.89 Å². The third-order valence-electron chi connectivity index (χ3n) is 7.23. The molecule has 11 heteroatoms. The normalized spacial score (nSPS) is 15.6. The van der Waals surface area contributed by atoms with Crippen LogP contribution in [0.4, 0.5) is 19.7 Å². The van der Waals surface area contributed by atoms with Crippen LogP contribution in [0.1, 0.15) is 44.7 Å². The van der Waals surface area contributed by atoms with Gasteiger partial charge in [0.15, 0.2) is 0 Å². The average molecular weight is 576 g/mol. The molecule has 0 atom stereocenters. The Morgan fingerprint density at radius 1 is 0.929 bits per heavy atom. The van der Waals surface area contributed by atoms with E-state index in [0.29, 0.717) is 43.6 Å². The number of carboxylic acid groups (broad SMARTS) is 1. The van der Waals surface area contributed by atoms with Crippen LogP contribution in [-0.2, 0) is 4.74 Å². The Balaban J connectivity index is 1.31. The van der Waals surface area contributed by atoms with Gasteiger partial charge in [-0.05, 0) is 80.2 Å². The van der Waals surface area contributed by atoms with E-state index in [0.717, 1.165) is 22.4 Å². The summed E-state index contributed by atoms with van der Waals surface area (Å²) in [7, 11) is 1.80. The second-order valence-electron chi connectivity index (χ2n) is 11.2. The number of aromatic nitrogens is 2. The Morgan fingerprint density at radius 2 is 1.50 bits per heavy atom. The van der Waals surface area contributed by atoms with Gasteiger partial charge in [-0.1, -0.05) is 24.3 Å². The molecule has 0 saturated carbocycles. The number of ether oxygens (including phenoxy) is 1. The lowest BCUT2D eigenvalue weighted by Crippen LogP contribution is -2.39. The second kappa shape index (κ2) is 11.7. The Morgan fingerprint density at radius 3 is 2.02 bits per heavy atom. The van der Waals surface area contributed by atoms with Crippen LogP contribution < -0.4 is 5.32 Å². The lowest BCUT2D eigenvalue weighted by atomic mass is 9.97. The average Bonchev–Trinajstić information content (AvgIpc) is 3.46. The Kier molecular flexibility index (Phi) is 8.02. The predicted molar refractivity (Wildman–Crippen MR) is 157 cm³/mol. The minimum Gasteiger partial charge on any atom is -0.465 e. The summed E-state index contributed by atoms with van der Waals surface area (Å²) < 4.78 is 26.6. The summed E-state index contributed by atoms with van der Waals surface area (Å²) in [6.07, 6.45) is 3.76. The number of nitrogens with zero attached hydrogens (tertiary/aromatic N) is 4. The monoisotopic (exact) mass is 575 g/mol. The van der Waals surface area contributed by atoms with Crippen molar-refractivity contribution in [2.45, 2.75) is 39.2 Å². The highest BCUT2D eigenvalue weighted by Crippen LogP contribution is 2.35. The summed E-state index contributed by atoms with van der Waals surface area (Å²) in [6.45, 7) is 7.23. The molecule has 10 nitrogen and oxygen atoms in total. The molecule has 3 heterocycles. The molecule has 0 unspecified atom stereocenters. The van der Waals surface area contributed by atoms with Crippen LogP contribution in [-0.4, -0.2) is 76.1 Å². The van der Waals surface area contributed by atoms with E-state index in [1.807, 2.05) is 45.0 Å². The summed E-state index contributed by atoms with van der Waals surface area (Å²) in [5, 5.41) is 20.6. The lowest BCUT2D eigenvalue weighted by molar-refractivity contribution is 0.0270. The summed E-state index contributed by atoms with van der Waals surface area (Å²) in [4.78, 5) is 26.5. The number of carbonyl (C=O) groups excluding carboxylic acids is 1. The maximum Gasteiger partial charge on any atom is 0.410 e. The highest BCUT2D eigenvalue weighted by atomic mass is 19.1. The molecule has 0 fully saturated rings. The van der Waals surface area contributed by atoms with Crippen LogP contribution in [0.15, 0.2) is 53.0 Å². The Bertz CT molecular complexity index is 1570. The van der Waals surface area contributed by atoms with Gasteiger partial charge in [-0.15, -0.1) is 10.2 Å². The zero-order chi connectivity index (χ0) is 30.0. The van der Waals surface area contributed by atoms with Crippen molar-refractivity contribution in [1.82, 2.24) is 20.0 Å². The first-order chi connectivity index (χ1) is 20.0. The largest absolute Gasteiger partial charge is 0.465 e. The van der Waals surface area contributed by atoms with Crippen molar-refractivity contribution in [1.29, 1.82) is 0 Å². The molecule has 2 aliphatic rings. The summed E-state index contributed by atoms with van der Waals surface area (Å²) >= 11 is 0. The van der Waals surface area contributed by atoms with Crippen LogP contribution >= 0.6 is 0 Å². The second-order valence-corrected chi connectivity index (χ2v) is 11.2. The van der Waals surface area contributed by atoms with Gasteiger partial charge in [0, 0.05) is 38.9 Å². The summed E-state index contributed by atoms with van der Waals surface area (Å²) in [5.74, 6) is -0.188. The van der Waals surface area contributed by atoms with Crippen molar-refractivity contribution in [3.63, 3.8) is 0 Å². The van der Waals surface area contributed by atoms with E-state index in [2.05, 4.69) is 15.5 Å². The molecule has 0 bridgehead atoms. The molecular weight excluding hydrogens is 541 g/mol. The maximum absolute atomic E-state index is 15.2. The van der Waals surface area contributed by atoms with Crippen LogP contribution in [0.2, 0.25) is 0 Å². The number of anilines is 1. The number of rotatable bonds is 5. The van der Waals surface area contributed by atoms with Crippen molar-refractivity contribution >= 4 is 29.0 Å². The molecule has 0 aliphatic carbocycles. The molecular formula is C31H34FN5O5. The standard InChI is InChI=1S/C31H34FN5O5/c1-31(2,3)42-30(40)37-15-11-20(12-16-37)22-6-8-24(26(18-22)33-4)28-35-34-27(41-28)23-7-5-21(17-25(23)32)19-9-13-36(14-10-19)29(38)39/h5-9,11,17-18,33H,10,12-16H2,1-4H3,(H,38,39). The van der Waals surface area contributed by atoms with Crippen molar-refractivity contribution in [3.05, 3.63) is 65.5 Å². The van der Waals surface area contributed by atoms with Crippen molar-refractivity contribution in [2.75, 3.05) is 38.5 Å². The molecule has 1 aromatic heterocycles. The molecule has 0 saturated heterocycles. The van der Waals surface area contributed by atoms with E-state index in [1.54, 1.807) is 30.2 Å². The molecule has 2 aromatic carbocycles. The fraction of sp³-hybridized carbons (Fsp3) is 0.355. The third kappa shape index (κ3) is 6.29. The topological polar surface area (TPSA) is 121 Å². The molecule has 2 N–H and O–H groups in total. The van der Waals surface area contributed by atoms with E-state index >= 15 is 4.39 Å². The fourth-order valence-electron chi connectivity index (χ4n) is 5.00. The molecule has 2 aliphatic heterocycles. The Hall–Kier alpha value is -4.67. The number of benzene rings is 2. The van der Waals surface area contributed by atoms with Crippen LogP contribution in [0, 0.1) is 5.82 Å². The first-order valence-corrected chi connectivity index (χ1v) is 13.8. The van der Waals surface area contributed by atoms with Gasteiger partial charge >= 0.3 is 12.2 Å². The third-order valence-corrected chi connectivity index (χ3v) is 7.23. The number of carbonyl (C=O) groups is 2. The number of halogens is 1. The first kappa shape index (κ1) is 28.8.